The molecular formula is C24H33N3. The van der Waals surface area contributed by atoms with Crippen molar-refractivity contribution in [2.75, 3.05) is 37.6 Å². The third-order valence-corrected chi connectivity index (χ3v) is 6.05. The van der Waals surface area contributed by atoms with Gasteiger partial charge in [-0.1, -0.05) is 39.0 Å². The summed E-state index contributed by atoms with van der Waals surface area (Å²) in [7, 11) is 0. The maximum atomic E-state index is 4.25. The topological polar surface area (TPSA) is 19.4 Å². The monoisotopic (exact) mass is 363 g/mol. The first kappa shape index (κ1) is 18.5. The third kappa shape index (κ3) is 4.52. The maximum absolute atomic E-state index is 4.25. The Labute approximate surface area is 164 Å². The van der Waals surface area contributed by atoms with Crippen LogP contribution in [0.15, 0.2) is 48.8 Å². The van der Waals surface area contributed by atoms with Crippen LogP contribution in [0.4, 0.5) is 5.69 Å². The summed E-state index contributed by atoms with van der Waals surface area (Å²) in [6.45, 7) is 12.9. The van der Waals surface area contributed by atoms with E-state index in [1.165, 1.54) is 49.3 Å². The quantitative estimate of drug-likeness (QED) is 0.769. The van der Waals surface area contributed by atoms with Gasteiger partial charge < -0.3 is 9.80 Å². The lowest BCUT2D eigenvalue weighted by molar-refractivity contribution is 0.154. The predicted molar refractivity (Wildman–Crippen MR) is 114 cm³/mol. The molecule has 3 nitrogen and oxygen atoms in total. The number of likely N-dealkylation sites (tertiary alicyclic amines) is 1. The van der Waals surface area contributed by atoms with Crippen LogP contribution in [0.5, 0.6) is 0 Å². The van der Waals surface area contributed by atoms with E-state index < -0.39 is 0 Å². The van der Waals surface area contributed by atoms with Gasteiger partial charge in [-0.25, -0.2) is 0 Å². The fourth-order valence-electron chi connectivity index (χ4n) is 4.57. The van der Waals surface area contributed by atoms with Crippen LogP contribution in [0.25, 0.3) is 0 Å². The zero-order valence-electron chi connectivity index (χ0n) is 17.1. The third-order valence-electron chi connectivity index (χ3n) is 6.05. The predicted octanol–water partition coefficient (Wildman–Crippen LogP) is 4.91. The van der Waals surface area contributed by atoms with E-state index in [9.17, 15) is 0 Å². The van der Waals surface area contributed by atoms with Gasteiger partial charge in [0.1, 0.15) is 0 Å². The molecule has 0 saturated carbocycles. The lowest BCUT2D eigenvalue weighted by atomic mass is 9.87. The summed E-state index contributed by atoms with van der Waals surface area (Å²) in [6.07, 6.45) is 6.45. The molecule has 2 aliphatic rings. The molecule has 0 amide bonds. The van der Waals surface area contributed by atoms with E-state index in [1.807, 2.05) is 18.5 Å². The smallest absolute Gasteiger partial charge is 0.0366 e. The molecule has 0 bridgehead atoms. The van der Waals surface area contributed by atoms with Crippen molar-refractivity contribution < 1.29 is 0 Å². The number of hydrogen-bond acceptors (Lipinski definition) is 3. The number of benzene rings is 1. The first-order valence-corrected chi connectivity index (χ1v) is 10.5. The summed E-state index contributed by atoms with van der Waals surface area (Å²) in [4.78, 5) is 9.37. The second kappa shape index (κ2) is 7.63. The van der Waals surface area contributed by atoms with E-state index in [0.29, 0.717) is 11.3 Å². The van der Waals surface area contributed by atoms with Gasteiger partial charge in [-0.15, -0.1) is 0 Å². The average molecular weight is 364 g/mol. The molecule has 1 aromatic heterocycles. The molecule has 3 heterocycles. The van der Waals surface area contributed by atoms with E-state index in [2.05, 4.69) is 65.9 Å². The fraction of sp³-hybridized carbons (Fsp3) is 0.542. The summed E-state index contributed by atoms with van der Waals surface area (Å²) in [6, 6.07) is 13.6. The Morgan fingerprint density at radius 2 is 1.63 bits per heavy atom. The highest BCUT2D eigenvalue weighted by molar-refractivity contribution is 5.52. The van der Waals surface area contributed by atoms with E-state index >= 15 is 0 Å². The molecule has 2 aromatic rings. The minimum Gasteiger partial charge on any atom is -0.370 e. The highest BCUT2D eigenvalue weighted by Gasteiger charge is 2.29. The maximum Gasteiger partial charge on any atom is 0.0366 e. The normalized spacial score (nSPS) is 19.9. The molecule has 4 rings (SSSR count). The van der Waals surface area contributed by atoms with Gasteiger partial charge in [0.25, 0.3) is 0 Å². The van der Waals surface area contributed by atoms with E-state index in [1.54, 1.807) is 0 Å². The standard InChI is InChI=1S/C24H33N3/c1-24(2,3)18-26-13-10-20(11-14-26)19-6-8-23(9-7-19)27-16-22(17-27)21-5-4-12-25-15-21/h4-9,12,15,20,22H,10-11,13-14,16-18H2,1-3H3. The highest BCUT2D eigenvalue weighted by atomic mass is 15.2. The second-order valence-electron chi connectivity index (χ2n) is 9.59. The average Bonchev–Trinajstić information content (AvgIpc) is 2.61. The van der Waals surface area contributed by atoms with Crippen LogP contribution in [0.3, 0.4) is 0 Å². The zero-order valence-corrected chi connectivity index (χ0v) is 17.1. The van der Waals surface area contributed by atoms with Crippen LogP contribution in [-0.4, -0.2) is 42.6 Å². The van der Waals surface area contributed by atoms with Gasteiger partial charge in [0.15, 0.2) is 0 Å². The molecule has 3 heteroatoms. The number of pyridine rings is 1. The van der Waals surface area contributed by atoms with Crippen molar-refractivity contribution in [3.8, 4) is 0 Å². The number of hydrogen-bond donors (Lipinski definition) is 0. The molecule has 27 heavy (non-hydrogen) atoms. The first-order valence-electron chi connectivity index (χ1n) is 10.5. The van der Waals surface area contributed by atoms with Gasteiger partial charge in [-0.3, -0.25) is 4.98 Å². The Morgan fingerprint density at radius 3 is 2.22 bits per heavy atom. The van der Waals surface area contributed by atoms with Crippen molar-refractivity contribution in [3.05, 3.63) is 59.9 Å². The molecule has 2 aliphatic heterocycles. The summed E-state index contributed by atoms with van der Waals surface area (Å²) in [5.74, 6) is 1.36. The Morgan fingerprint density at radius 1 is 0.926 bits per heavy atom. The molecule has 144 valence electrons. The highest BCUT2D eigenvalue weighted by Crippen LogP contribution is 2.34. The van der Waals surface area contributed by atoms with E-state index in [0.717, 1.165) is 19.0 Å². The number of nitrogens with zero attached hydrogens (tertiary/aromatic N) is 3. The van der Waals surface area contributed by atoms with Gasteiger partial charge >= 0.3 is 0 Å². The van der Waals surface area contributed by atoms with Crippen molar-refractivity contribution in [3.63, 3.8) is 0 Å². The van der Waals surface area contributed by atoms with Crippen LogP contribution in [0.2, 0.25) is 0 Å². The van der Waals surface area contributed by atoms with E-state index in [4.69, 9.17) is 0 Å². The summed E-state index contributed by atoms with van der Waals surface area (Å²) < 4.78 is 0. The Hall–Kier alpha value is -1.87. The van der Waals surface area contributed by atoms with Gasteiger partial charge in [0.2, 0.25) is 0 Å². The van der Waals surface area contributed by atoms with Crippen molar-refractivity contribution >= 4 is 5.69 Å². The van der Waals surface area contributed by atoms with Gasteiger partial charge in [0.05, 0.1) is 0 Å². The van der Waals surface area contributed by atoms with Crippen LogP contribution < -0.4 is 4.90 Å². The molecular weight excluding hydrogens is 330 g/mol. The molecule has 1 aromatic carbocycles. The molecule has 2 fully saturated rings. The number of piperidine rings is 1. The van der Waals surface area contributed by atoms with Crippen molar-refractivity contribution in [1.29, 1.82) is 0 Å². The Bertz CT molecular complexity index is 718. The molecule has 0 radical (unpaired) electrons. The molecule has 0 atom stereocenters. The summed E-state index contributed by atoms with van der Waals surface area (Å²) in [5.41, 5.74) is 4.66. The van der Waals surface area contributed by atoms with Crippen LogP contribution in [0, 0.1) is 5.41 Å². The lowest BCUT2D eigenvalue weighted by Gasteiger charge is -2.41. The molecule has 2 saturated heterocycles. The van der Waals surface area contributed by atoms with E-state index in [-0.39, 0.29) is 0 Å². The largest absolute Gasteiger partial charge is 0.370 e. The Balaban J connectivity index is 1.29. The molecule has 0 spiro atoms. The summed E-state index contributed by atoms with van der Waals surface area (Å²) >= 11 is 0. The molecule has 0 aliphatic carbocycles. The molecule has 0 unspecified atom stereocenters. The minimum absolute atomic E-state index is 0.402. The number of anilines is 1. The number of rotatable bonds is 4. The first-order chi connectivity index (χ1) is 13.0. The van der Waals surface area contributed by atoms with Crippen LogP contribution in [-0.2, 0) is 0 Å². The minimum atomic E-state index is 0.402. The van der Waals surface area contributed by atoms with Crippen LogP contribution in [0.1, 0.15) is 56.6 Å². The number of aromatic nitrogens is 1. The van der Waals surface area contributed by atoms with Crippen molar-refractivity contribution in [2.24, 2.45) is 5.41 Å². The van der Waals surface area contributed by atoms with Crippen molar-refractivity contribution in [2.45, 2.75) is 45.4 Å². The van der Waals surface area contributed by atoms with Crippen molar-refractivity contribution in [1.82, 2.24) is 9.88 Å². The van der Waals surface area contributed by atoms with Gasteiger partial charge in [0, 0.05) is 43.6 Å². The van der Waals surface area contributed by atoms with Crippen LogP contribution >= 0.6 is 0 Å². The zero-order chi connectivity index (χ0) is 18.9. The molecule has 0 N–H and O–H groups in total. The van der Waals surface area contributed by atoms with Gasteiger partial charge in [-0.2, -0.15) is 0 Å². The SMILES string of the molecule is CC(C)(C)CN1CCC(c2ccc(N3CC(c4cccnc4)C3)cc2)CC1. The fourth-order valence-corrected chi connectivity index (χ4v) is 4.57. The van der Waals surface area contributed by atoms with Gasteiger partial charge in [-0.05, 0) is 66.6 Å². The lowest BCUT2D eigenvalue weighted by Crippen LogP contribution is -2.45. The second-order valence-corrected chi connectivity index (χ2v) is 9.59. The Kier molecular flexibility index (Phi) is 5.23. The summed E-state index contributed by atoms with van der Waals surface area (Å²) in [5, 5.41) is 0.